The Bertz CT molecular complexity index is 390. The molecule has 0 amide bonds. The Morgan fingerprint density at radius 3 is 2.63 bits per heavy atom. The lowest BCUT2D eigenvalue weighted by atomic mass is 9.94. The van der Waals surface area contributed by atoms with Crippen molar-refractivity contribution in [2.45, 2.75) is 58.5 Å². The number of rotatable bonds is 4. The van der Waals surface area contributed by atoms with E-state index in [1.807, 2.05) is 12.4 Å². The summed E-state index contributed by atoms with van der Waals surface area (Å²) in [5.41, 5.74) is 7.09. The van der Waals surface area contributed by atoms with Crippen LogP contribution in [0.3, 0.4) is 0 Å². The molecular weight excluding hydrogens is 236 g/mol. The largest absolute Gasteiger partial charge is 0.338 e. The highest BCUT2D eigenvalue weighted by atomic mass is 15.3. The molecule has 0 spiro atoms. The Balaban J connectivity index is 2.01. The zero-order chi connectivity index (χ0) is 13.8. The molecule has 4 nitrogen and oxygen atoms in total. The van der Waals surface area contributed by atoms with Crippen molar-refractivity contribution < 1.29 is 0 Å². The Kier molecular flexibility index (Phi) is 4.75. The highest BCUT2D eigenvalue weighted by Gasteiger charge is 2.24. The SMILES string of the molecule is CCC(N)Cc1cnc(N2CCC(C)CC2C)nc1. The highest BCUT2D eigenvalue weighted by molar-refractivity contribution is 5.32. The molecule has 1 fully saturated rings. The monoisotopic (exact) mass is 262 g/mol. The van der Waals surface area contributed by atoms with Gasteiger partial charge in [0.2, 0.25) is 5.95 Å². The fraction of sp³-hybridized carbons (Fsp3) is 0.733. The van der Waals surface area contributed by atoms with Gasteiger partial charge in [-0.2, -0.15) is 0 Å². The maximum atomic E-state index is 5.96. The molecule has 1 saturated heterocycles. The molecule has 0 aliphatic carbocycles. The van der Waals surface area contributed by atoms with E-state index in [1.54, 1.807) is 0 Å². The fourth-order valence-electron chi connectivity index (χ4n) is 2.75. The molecule has 2 heterocycles. The number of nitrogens with zero attached hydrogens (tertiary/aromatic N) is 3. The maximum absolute atomic E-state index is 5.96. The van der Waals surface area contributed by atoms with Gasteiger partial charge in [0.15, 0.2) is 0 Å². The van der Waals surface area contributed by atoms with Gasteiger partial charge in [0.25, 0.3) is 0 Å². The average molecular weight is 262 g/mol. The quantitative estimate of drug-likeness (QED) is 0.905. The second-order valence-electron chi connectivity index (χ2n) is 5.94. The van der Waals surface area contributed by atoms with E-state index in [2.05, 4.69) is 35.6 Å². The Morgan fingerprint density at radius 2 is 2.05 bits per heavy atom. The van der Waals surface area contributed by atoms with Crippen LogP contribution in [-0.2, 0) is 6.42 Å². The van der Waals surface area contributed by atoms with Gasteiger partial charge in [-0.1, -0.05) is 13.8 Å². The van der Waals surface area contributed by atoms with Crippen molar-refractivity contribution >= 4 is 5.95 Å². The molecule has 4 heteroatoms. The first kappa shape index (κ1) is 14.3. The van der Waals surface area contributed by atoms with Crippen LogP contribution in [0.1, 0.15) is 45.6 Å². The normalized spacial score (nSPS) is 25.4. The number of nitrogens with two attached hydrogens (primary N) is 1. The van der Waals surface area contributed by atoms with Gasteiger partial charge in [-0.3, -0.25) is 0 Å². The van der Waals surface area contributed by atoms with Crippen molar-refractivity contribution in [1.29, 1.82) is 0 Å². The number of anilines is 1. The van der Waals surface area contributed by atoms with Gasteiger partial charge >= 0.3 is 0 Å². The summed E-state index contributed by atoms with van der Waals surface area (Å²) in [7, 11) is 0. The Labute approximate surface area is 116 Å². The standard InChI is InChI=1S/C15H26N4/c1-4-14(16)8-13-9-17-15(18-10-13)19-6-5-11(2)7-12(19)3/h9-12,14H,4-8,16H2,1-3H3. The summed E-state index contributed by atoms with van der Waals surface area (Å²) >= 11 is 0. The molecule has 2 N–H and O–H groups in total. The summed E-state index contributed by atoms with van der Waals surface area (Å²) < 4.78 is 0. The zero-order valence-corrected chi connectivity index (χ0v) is 12.3. The molecule has 106 valence electrons. The minimum absolute atomic E-state index is 0.212. The second kappa shape index (κ2) is 6.33. The smallest absolute Gasteiger partial charge is 0.225 e. The van der Waals surface area contributed by atoms with Crippen LogP contribution in [0.4, 0.5) is 5.95 Å². The Hall–Kier alpha value is -1.16. The number of piperidine rings is 1. The van der Waals surface area contributed by atoms with Gasteiger partial charge in [0, 0.05) is 31.0 Å². The van der Waals surface area contributed by atoms with Crippen LogP contribution in [0, 0.1) is 5.92 Å². The van der Waals surface area contributed by atoms with Crippen molar-refractivity contribution in [2.24, 2.45) is 11.7 Å². The summed E-state index contributed by atoms with van der Waals surface area (Å²) in [4.78, 5) is 11.4. The molecule has 1 aromatic rings. The summed E-state index contributed by atoms with van der Waals surface area (Å²) in [5, 5.41) is 0. The molecular formula is C15H26N4. The number of aromatic nitrogens is 2. The van der Waals surface area contributed by atoms with Crippen molar-refractivity contribution in [2.75, 3.05) is 11.4 Å². The third-order valence-electron chi connectivity index (χ3n) is 4.11. The molecule has 0 bridgehead atoms. The summed E-state index contributed by atoms with van der Waals surface area (Å²) in [6.45, 7) is 7.76. The van der Waals surface area contributed by atoms with Crippen LogP contribution < -0.4 is 10.6 Å². The fourth-order valence-corrected chi connectivity index (χ4v) is 2.75. The van der Waals surface area contributed by atoms with Gasteiger partial charge in [0.1, 0.15) is 0 Å². The molecule has 0 saturated carbocycles. The molecule has 3 atom stereocenters. The van der Waals surface area contributed by atoms with Gasteiger partial charge in [-0.25, -0.2) is 9.97 Å². The minimum Gasteiger partial charge on any atom is -0.338 e. The molecule has 2 rings (SSSR count). The van der Waals surface area contributed by atoms with Crippen LogP contribution in [0.15, 0.2) is 12.4 Å². The van der Waals surface area contributed by atoms with Crippen molar-refractivity contribution in [3.05, 3.63) is 18.0 Å². The molecule has 0 aromatic carbocycles. The van der Waals surface area contributed by atoms with Gasteiger partial charge in [-0.05, 0) is 44.1 Å². The highest BCUT2D eigenvalue weighted by Crippen LogP contribution is 2.25. The van der Waals surface area contributed by atoms with E-state index in [9.17, 15) is 0 Å². The van der Waals surface area contributed by atoms with Crippen LogP contribution in [0.25, 0.3) is 0 Å². The van der Waals surface area contributed by atoms with Crippen molar-refractivity contribution in [1.82, 2.24) is 9.97 Å². The molecule has 1 aromatic heterocycles. The lowest BCUT2D eigenvalue weighted by Gasteiger charge is -2.36. The predicted octanol–water partition coefficient (Wildman–Crippen LogP) is 2.38. The van der Waals surface area contributed by atoms with E-state index in [0.29, 0.717) is 6.04 Å². The van der Waals surface area contributed by atoms with Crippen molar-refractivity contribution in [3.8, 4) is 0 Å². The van der Waals surface area contributed by atoms with E-state index >= 15 is 0 Å². The Morgan fingerprint density at radius 1 is 1.37 bits per heavy atom. The van der Waals surface area contributed by atoms with E-state index in [0.717, 1.165) is 36.8 Å². The number of hydrogen-bond acceptors (Lipinski definition) is 4. The number of hydrogen-bond donors (Lipinski definition) is 1. The first-order chi connectivity index (χ1) is 9.10. The van der Waals surface area contributed by atoms with Crippen LogP contribution >= 0.6 is 0 Å². The lowest BCUT2D eigenvalue weighted by molar-refractivity contribution is 0.374. The average Bonchev–Trinajstić information content (AvgIpc) is 2.40. The summed E-state index contributed by atoms with van der Waals surface area (Å²) in [6.07, 6.45) is 8.18. The van der Waals surface area contributed by atoms with Gasteiger partial charge in [0.05, 0.1) is 0 Å². The van der Waals surface area contributed by atoms with Crippen LogP contribution in [0.2, 0.25) is 0 Å². The summed E-state index contributed by atoms with van der Waals surface area (Å²) in [5.74, 6) is 1.68. The molecule has 0 radical (unpaired) electrons. The maximum Gasteiger partial charge on any atom is 0.225 e. The van der Waals surface area contributed by atoms with E-state index in [4.69, 9.17) is 5.73 Å². The van der Waals surface area contributed by atoms with Gasteiger partial charge < -0.3 is 10.6 Å². The predicted molar refractivity (Wildman–Crippen MR) is 79.2 cm³/mol. The third kappa shape index (κ3) is 3.66. The third-order valence-corrected chi connectivity index (χ3v) is 4.11. The van der Waals surface area contributed by atoms with E-state index in [1.165, 1.54) is 12.8 Å². The molecule has 1 aliphatic rings. The molecule has 19 heavy (non-hydrogen) atoms. The summed E-state index contributed by atoms with van der Waals surface area (Å²) in [6, 6.07) is 0.747. The van der Waals surface area contributed by atoms with Crippen LogP contribution in [-0.4, -0.2) is 28.6 Å². The van der Waals surface area contributed by atoms with Crippen LogP contribution in [0.5, 0.6) is 0 Å². The van der Waals surface area contributed by atoms with E-state index in [-0.39, 0.29) is 6.04 Å². The molecule has 3 unspecified atom stereocenters. The topological polar surface area (TPSA) is 55.0 Å². The van der Waals surface area contributed by atoms with Gasteiger partial charge in [-0.15, -0.1) is 0 Å². The minimum atomic E-state index is 0.212. The van der Waals surface area contributed by atoms with E-state index < -0.39 is 0 Å². The first-order valence-corrected chi connectivity index (χ1v) is 7.43. The lowest BCUT2D eigenvalue weighted by Crippen LogP contribution is -2.41. The zero-order valence-electron chi connectivity index (χ0n) is 12.3. The second-order valence-corrected chi connectivity index (χ2v) is 5.94. The first-order valence-electron chi connectivity index (χ1n) is 7.43. The molecule has 1 aliphatic heterocycles. The van der Waals surface area contributed by atoms with Crippen molar-refractivity contribution in [3.63, 3.8) is 0 Å².